The third-order valence-electron chi connectivity index (χ3n) is 4.73. The van der Waals surface area contributed by atoms with E-state index in [1.54, 1.807) is 23.1 Å². The number of hydrogen-bond acceptors (Lipinski definition) is 7. The molecule has 0 aliphatic rings. The highest BCUT2D eigenvalue weighted by atomic mass is 16.1. The van der Waals surface area contributed by atoms with Crippen molar-refractivity contribution in [3.05, 3.63) is 84.1 Å². The molecule has 4 aromatic rings. The molecule has 3 N–H and O–H groups in total. The summed E-state index contributed by atoms with van der Waals surface area (Å²) in [6, 6.07) is 17.1. The van der Waals surface area contributed by atoms with Crippen LogP contribution in [-0.2, 0) is 0 Å². The molecule has 0 saturated carbocycles. The van der Waals surface area contributed by atoms with Crippen molar-refractivity contribution >= 4 is 23.4 Å². The van der Waals surface area contributed by atoms with E-state index >= 15 is 0 Å². The summed E-state index contributed by atoms with van der Waals surface area (Å²) in [6.07, 6.45) is 3.30. The van der Waals surface area contributed by atoms with Gasteiger partial charge in [-0.3, -0.25) is 4.79 Å². The zero-order valence-corrected chi connectivity index (χ0v) is 17.9. The number of amides is 1. The van der Waals surface area contributed by atoms with E-state index in [2.05, 4.69) is 36.0 Å². The van der Waals surface area contributed by atoms with Crippen LogP contribution < -0.4 is 16.0 Å². The Labute approximate surface area is 186 Å². The molecule has 32 heavy (non-hydrogen) atoms. The lowest BCUT2D eigenvalue weighted by Crippen LogP contribution is -2.29. The lowest BCUT2D eigenvalue weighted by Gasteiger charge is -2.10. The maximum atomic E-state index is 12.6. The number of anilines is 3. The van der Waals surface area contributed by atoms with Crippen LogP contribution in [0.3, 0.4) is 0 Å². The van der Waals surface area contributed by atoms with Crippen LogP contribution >= 0.6 is 0 Å². The molecule has 0 saturated heterocycles. The van der Waals surface area contributed by atoms with Crippen LogP contribution in [-0.4, -0.2) is 43.7 Å². The Hall–Kier alpha value is -4.27. The van der Waals surface area contributed by atoms with E-state index in [1.165, 1.54) is 0 Å². The monoisotopic (exact) mass is 428 g/mol. The number of benzene rings is 1. The fourth-order valence-electron chi connectivity index (χ4n) is 3.21. The van der Waals surface area contributed by atoms with Gasteiger partial charge >= 0.3 is 0 Å². The van der Waals surface area contributed by atoms with Gasteiger partial charge in [-0.15, -0.1) is 0 Å². The molecule has 0 aliphatic heterocycles. The number of aryl methyl sites for hydroxylation is 1. The molecular formula is C23H24N8O. The van der Waals surface area contributed by atoms with Crippen molar-refractivity contribution in [2.24, 2.45) is 0 Å². The molecule has 0 radical (unpaired) electrons. The smallest absolute Gasteiger partial charge is 0.254 e. The zero-order chi connectivity index (χ0) is 22.3. The summed E-state index contributed by atoms with van der Waals surface area (Å²) in [5, 5.41) is 13.6. The first-order valence-electron chi connectivity index (χ1n) is 10.3. The summed E-state index contributed by atoms with van der Waals surface area (Å²) >= 11 is 0. The van der Waals surface area contributed by atoms with Crippen LogP contribution in [0.2, 0.25) is 0 Å². The first-order valence-corrected chi connectivity index (χ1v) is 10.3. The molecule has 9 heteroatoms. The number of hydrogen-bond donors (Lipinski definition) is 3. The minimum absolute atomic E-state index is 0.164. The molecule has 1 amide bonds. The summed E-state index contributed by atoms with van der Waals surface area (Å²) in [6.45, 7) is 4.65. The Morgan fingerprint density at radius 1 is 0.938 bits per heavy atom. The number of nitrogens with zero attached hydrogens (tertiary/aromatic N) is 5. The summed E-state index contributed by atoms with van der Waals surface area (Å²) in [5.41, 5.74) is 2.26. The number of carbonyl (C=O) groups is 1. The Bertz CT molecular complexity index is 1190. The highest BCUT2D eigenvalue weighted by Gasteiger charge is 2.14. The average Bonchev–Trinajstić information content (AvgIpc) is 3.19. The molecule has 0 bridgehead atoms. The van der Waals surface area contributed by atoms with Gasteiger partial charge in [0.05, 0.1) is 23.1 Å². The van der Waals surface area contributed by atoms with Gasteiger partial charge in [-0.1, -0.05) is 24.3 Å². The molecule has 162 valence electrons. The summed E-state index contributed by atoms with van der Waals surface area (Å²) < 4.78 is 1.76. The molecule has 9 nitrogen and oxygen atoms in total. The van der Waals surface area contributed by atoms with Crippen LogP contribution in [0.1, 0.15) is 21.9 Å². The van der Waals surface area contributed by atoms with Crippen molar-refractivity contribution in [1.29, 1.82) is 0 Å². The fourth-order valence-corrected chi connectivity index (χ4v) is 3.21. The first kappa shape index (κ1) is 21.0. The summed E-state index contributed by atoms with van der Waals surface area (Å²) in [4.78, 5) is 25.6. The van der Waals surface area contributed by atoms with Gasteiger partial charge in [0.2, 0.25) is 0 Å². The molecule has 0 fully saturated rings. The van der Waals surface area contributed by atoms with Crippen molar-refractivity contribution in [2.45, 2.75) is 13.8 Å². The zero-order valence-electron chi connectivity index (χ0n) is 17.9. The Morgan fingerprint density at radius 3 is 2.50 bits per heavy atom. The highest BCUT2D eigenvalue weighted by molar-refractivity contribution is 5.95. The number of nitrogens with one attached hydrogen (secondary N) is 3. The molecule has 1 aromatic carbocycles. The molecule has 3 aromatic heterocycles. The van der Waals surface area contributed by atoms with Gasteiger partial charge in [-0.05, 0) is 38.1 Å². The Balaban J connectivity index is 1.32. The van der Waals surface area contributed by atoms with Gasteiger partial charge in [-0.2, -0.15) is 5.10 Å². The number of carbonyl (C=O) groups excluding carboxylic acids is 1. The van der Waals surface area contributed by atoms with Crippen LogP contribution in [0, 0.1) is 13.8 Å². The van der Waals surface area contributed by atoms with Crippen molar-refractivity contribution in [3.63, 3.8) is 0 Å². The van der Waals surface area contributed by atoms with Crippen molar-refractivity contribution in [1.82, 2.24) is 30.0 Å². The van der Waals surface area contributed by atoms with Gasteiger partial charge < -0.3 is 16.0 Å². The molecule has 0 spiro atoms. The summed E-state index contributed by atoms with van der Waals surface area (Å²) in [7, 11) is 0. The van der Waals surface area contributed by atoms with Gasteiger partial charge in [-0.25, -0.2) is 19.6 Å². The van der Waals surface area contributed by atoms with E-state index in [0.717, 1.165) is 11.4 Å². The number of para-hydroxylation sites is 1. The van der Waals surface area contributed by atoms with Crippen LogP contribution in [0.4, 0.5) is 17.5 Å². The minimum Gasteiger partial charge on any atom is -0.368 e. The largest absolute Gasteiger partial charge is 0.368 e. The van der Waals surface area contributed by atoms with Crippen molar-refractivity contribution < 1.29 is 4.79 Å². The van der Waals surface area contributed by atoms with E-state index < -0.39 is 0 Å². The second-order valence-electron chi connectivity index (χ2n) is 7.10. The lowest BCUT2D eigenvalue weighted by molar-refractivity contribution is 0.0954. The highest BCUT2D eigenvalue weighted by Crippen LogP contribution is 2.16. The molecule has 0 unspecified atom stereocenters. The second kappa shape index (κ2) is 9.69. The quantitative estimate of drug-likeness (QED) is 0.370. The van der Waals surface area contributed by atoms with Crippen LogP contribution in [0.5, 0.6) is 0 Å². The Kier molecular flexibility index (Phi) is 6.35. The standard InChI is InChI=1S/C23H24N8O/c1-16-19(15-27-31(16)18-8-4-3-5-9-18)23(32)26-13-12-25-21-14-22(29-17(2)28-21)30-20-10-6-7-11-24-20/h3-11,14-15H,12-13H2,1-2H3,(H,26,32)(H2,24,25,28,29,30). The van der Waals surface area contributed by atoms with Gasteiger partial charge in [0.15, 0.2) is 0 Å². The average molecular weight is 429 g/mol. The van der Waals surface area contributed by atoms with Crippen LogP contribution in [0.25, 0.3) is 5.69 Å². The first-order chi connectivity index (χ1) is 15.6. The second-order valence-corrected chi connectivity index (χ2v) is 7.10. The van der Waals surface area contributed by atoms with E-state index in [1.807, 2.05) is 62.4 Å². The van der Waals surface area contributed by atoms with Crippen LogP contribution in [0.15, 0.2) is 67.0 Å². The molecule has 0 aliphatic carbocycles. The predicted molar refractivity (Wildman–Crippen MR) is 123 cm³/mol. The minimum atomic E-state index is -0.164. The number of aromatic nitrogens is 5. The predicted octanol–water partition coefficient (Wildman–Crippen LogP) is 3.26. The van der Waals surface area contributed by atoms with E-state index in [9.17, 15) is 4.79 Å². The van der Waals surface area contributed by atoms with E-state index in [4.69, 9.17) is 0 Å². The Morgan fingerprint density at radius 2 is 1.72 bits per heavy atom. The van der Waals surface area contributed by atoms with Gasteiger partial charge in [0, 0.05) is 25.4 Å². The van der Waals surface area contributed by atoms with Crippen molar-refractivity contribution in [3.8, 4) is 5.69 Å². The van der Waals surface area contributed by atoms with E-state index in [-0.39, 0.29) is 5.91 Å². The molecule has 4 rings (SSSR count). The maximum absolute atomic E-state index is 12.6. The third kappa shape index (κ3) is 5.07. The number of rotatable bonds is 8. The van der Waals surface area contributed by atoms with E-state index in [0.29, 0.717) is 41.9 Å². The van der Waals surface area contributed by atoms with Crippen molar-refractivity contribution in [2.75, 3.05) is 23.7 Å². The van der Waals surface area contributed by atoms with Gasteiger partial charge in [0.1, 0.15) is 23.3 Å². The topological polar surface area (TPSA) is 110 Å². The SMILES string of the molecule is Cc1nc(NCCNC(=O)c2cnn(-c3ccccc3)c2C)cc(Nc2ccccn2)n1. The molecule has 0 atom stereocenters. The molecular weight excluding hydrogens is 404 g/mol. The maximum Gasteiger partial charge on any atom is 0.254 e. The third-order valence-corrected chi connectivity index (χ3v) is 4.73. The fraction of sp³-hybridized carbons (Fsp3) is 0.174. The number of pyridine rings is 1. The molecule has 3 heterocycles. The lowest BCUT2D eigenvalue weighted by atomic mass is 10.2. The van der Waals surface area contributed by atoms with Gasteiger partial charge in [0.25, 0.3) is 5.91 Å². The normalized spacial score (nSPS) is 10.6. The summed E-state index contributed by atoms with van der Waals surface area (Å²) in [5.74, 6) is 2.48.